The SMILES string of the molecule is CC(NC(C(=O)O)c1ccccc1)c1ccc(Br)o1. The topological polar surface area (TPSA) is 62.5 Å². The second kappa shape index (κ2) is 6.04. The van der Waals surface area contributed by atoms with Gasteiger partial charge in [-0.15, -0.1) is 0 Å². The smallest absolute Gasteiger partial charge is 0.325 e. The first-order chi connectivity index (χ1) is 9.08. The zero-order valence-electron chi connectivity index (χ0n) is 10.3. The Morgan fingerprint density at radius 3 is 2.47 bits per heavy atom. The van der Waals surface area contributed by atoms with Gasteiger partial charge >= 0.3 is 5.97 Å². The van der Waals surface area contributed by atoms with Gasteiger partial charge in [0, 0.05) is 0 Å². The number of hydrogen-bond acceptors (Lipinski definition) is 3. The number of furan rings is 1. The number of carbonyl (C=O) groups is 1. The van der Waals surface area contributed by atoms with Gasteiger partial charge < -0.3 is 9.52 Å². The fraction of sp³-hybridized carbons (Fsp3) is 0.214. The van der Waals surface area contributed by atoms with Crippen molar-refractivity contribution in [1.82, 2.24) is 5.32 Å². The predicted octanol–water partition coefficient (Wildman–Crippen LogP) is 3.52. The lowest BCUT2D eigenvalue weighted by Gasteiger charge is -2.19. The van der Waals surface area contributed by atoms with Crippen molar-refractivity contribution in [3.05, 3.63) is 58.5 Å². The highest BCUT2D eigenvalue weighted by Gasteiger charge is 2.23. The van der Waals surface area contributed by atoms with Crippen LogP contribution in [0, 0.1) is 0 Å². The Morgan fingerprint density at radius 2 is 1.95 bits per heavy atom. The van der Waals surface area contributed by atoms with Gasteiger partial charge in [0.25, 0.3) is 0 Å². The number of carboxylic acid groups (broad SMARTS) is 1. The van der Waals surface area contributed by atoms with Gasteiger partial charge in [0.15, 0.2) is 4.67 Å². The Balaban J connectivity index is 2.16. The Bertz CT molecular complexity index is 553. The van der Waals surface area contributed by atoms with Crippen molar-refractivity contribution in [2.45, 2.75) is 19.0 Å². The molecule has 4 nitrogen and oxygen atoms in total. The molecule has 0 bridgehead atoms. The highest BCUT2D eigenvalue weighted by atomic mass is 79.9. The largest absolute Gasteiger partial charge is 0.480 e. The maximum Gasteiger partial charge on any atom is 0.325 e. The van der Waals surface area contributed by atoms with E-state index in [4.69, 9.17) is 4.42 Å². The third-order valence-electron chi connectivity index (χ3n) is 2.82. The van der Waals surface area contributed by atoms with Gasteiger partial charge in [-0.05, 0) is 40.5 Å². The summed E-state index contributed by atoms with van der Waals surface area (Å²) >= 11 is 3.23. The molecule has 0 fully saturated rings. The average Bonchev–Trinajstić information content (AvgIpc) is 2.83. The molecule has 19 heavy (non-hydrogen) atoms. The molecule has 5 heteroatoms. The van der Waals surface area contributed by atoms with Crippen LogP contribution in [0.3, 0.4) is 0 Å². The number of hydrogen-bond donors (Lipinski definition) is 2. The molecule has 0 amide bonds. The van der Waals surface area contributed by atoms with Crippen molar-refractivity contribution in [3.8, 4) is 0 Å². The summed E-state index contributed by atoms with van der Waals surface area (Å²) in [5.41, 5.74) is 0.715. The highest BCUT2D eigenvalue weighted by molar-refractivity contribution is 9.10. The van der Waals surface area contributed by atoms with Crippen LogP contribution >= 0.6 is 15.9 Å². The fourth-order valence-electron chi connectivity index (χ4n) is 1.85. The van der Waals surface area contributed by atoms with E-state index in [1.165, 1.54) is 0 Å². The minimum Gasteiger partial charge on any atom is -0.480 e. The predicted molar refractivity (Wildman–Crippen MR) is 74.8 cm³/mol. The Morgan fingerprint density at radius 1 is 1.26 bits per heavy atom. The Kier molecular flexibility index (Phi) is 4.39. The molecule has 1 aromatic heterocycles. The second-order valence-corrected chi connectivity index (χ2v) is 4.99. The molecule has 0 spiro atoms. The summed E-state index contributed by atoms with van der Waals surface area (Å²) in [6, 6.07) is 11.7. The molecule has 0 aliphatic rings. The molecule has 0 saturated carbocycles. The monoisotopic (exact) mass is 323 g/mol. The first-order valence-electron chi connectivity index (χ1n) is 5.87. The molecule has 100 valence electrons. The third kappa shape index (κ3) is 3.45. The molecule has 0 saturated heterocycles. The van der Waals surface area contributed by atoms with Crippen molar-refractivity contribution in [3.63, 3.8) is 0 Å². The molecule has 2 atom stereocenters. The lowest BCUT2D eigenvalue weighted by atomic mass is 10.1. The van der Waals surface area contributed by atoms with Gasteiger partial charge in [-0.25, -0.2) is 0 Å². The minimum absolute atomic E-state index is 0.201. The summed E-state index contributed by atoms with van der Waals surface area (Å²) in [5, 5.41) is 12.4. The Hall–Kier alpha value is -1.59. The molecule has 0 radical (unpaired) electrons. The maximum atomic E-state index is 11.4. The van der Waals surface area contributed by atoms with E-state index >= 15 is 0 Å². The summed E-state index contributed by atoms with van der Waals surface area (Å²) in [5.74, 6) is -0.224. The number of benzene rings is 1. The molecular weight excluding hydrogens is 310 g/mol. The van der Waals surface area contributed by atoms with Crippen LogP contribution in [0.1, 0.15) is 30.3 Å². The van der Waals surface area contributed by atoms with E-state index in [1.54, 1.807) is 18.2 Å². The van der Waals surface area contributed by atoms with Gasteiger partial charge in [0.1, 0.15) is 11.8 Å². The molecule has 0 aliphatic carbocycles. The zero-order chi connectivity index (χ0) is 13.8. The van der Waals surface area contributed by atoms with E-state index in [-0.39, 0.29) is 6.04 Å². The van der Waals surface area contributed by atoms with Crippen LogP contribution in [0.4, 0.5) is 0 Å². The summed E-state index contributed by atoms with van der Waals surface area (Å²) in [6.07, 6.45) is 0. The van der Waals surface area contributed by atoms with Crippen LogP contribution in [0.25, 0.3) is 0 Å². The average molecular weight is 324 g/mol. The Labute approximate surface area is 119 Å². The standard InChI is InChI=1S/C14H14BrNO3/c1-9(11-7-8-12(15)19-11)16-13(14(17)18)10-5-3-2-4-6-10/h2-9,13,16H,1H3,(H,17,18). The van der Waals surface area contributed by atoms with E-state index < -0.39 is 12.0 Å². The van der Waals surface area contributed by atoms with Crippen molar-refractivity contribution >= 4 is 21.9 Å². The van der Waals surface area contributed by atoms with Gasteiger partial charge in [0.05, 0.1) is 6.04 Å². The molecule has 2 unspecified atom stereocenters. The van der Waals surface area contributed by atoms with Crippen LogP contribution in [0.5, 0.6) is 0 Å². The second-order valence-electron chi connectivity index (χ2n) is 4.21. The number of nitrogens with one attached hydrogen (secondary N) is 1. The zero-order valence-corrected chi connectivity index (χ0v) is 11.9. The van der Waals surface area contributed by atoms with E-state index in [1.807, 2.05) is 31.2 Å². The lowest BCUT2D eigenvalue weighted by molar-refractivity contribution is -0.139. The van der Waals surface area contributed by atoms with Crippen LogP contribution in [0.15, 0.2) is 51.6 Å². The third-order valence-corrected chi connectivity index (χ3v) is 3.24. The molecule has 1 heterocycles. The van der Waals surface area contributed by atoms with Gasteiger partial charge in [-0.1, -0.05) is 30.3 Å². The van der Waals surface area contributed by atoms with Gasteiger partial charge in [-0.3, -0.25) is 10.1 Å². The molecule has 2 aromatic rings. The molecule has 0 aliphatic heterocycles. The summed E-state index contributed by atoms with van der Waals surface area (Å²) < 4.78 is 6.05. The number of carboxylic acids is 1. The van der Waals surface area contributed by atoms with Crippen molar-refractivity contribution in [1.29, 1.82) is 0 Å². The van der Waals surface area contributed by atoms with E-state index in [0.29, 0.717) is 16.0 Å². The number of aliphatic carboxylic acids is 1. The lowest BCUT2D eigenvalue weighted by Crippen LogP contribution is -2.30. The van der Waals surface area contributed by atoms with Crippen molar-refractivity contribution in [2.75, 3.05) is 0 Å². The molecule has 1 aromatic carbocycles. The normalized spacial score (nSPS) is 14.0. The van der Waals surface area contributed by atoms with Crippen LogP contribution < -0.4 is 5.32 Å². The highest BCUT2D eigenvalue weighted by Crippen LogP contribution is 2.23. The van der Waals surface area contributed by atoms with Gasteiger partial charge in [0.2, 0.25) is 0 Å². The van der Waals surface area contributed by atoms with Gasteiger partial charge in [-0.2, -0.15) is 0 Å². The van der Waals surface area contributed by atoms with Crippen molar-refractivity contribution in [2.24, 2.45) is 0 Å². The summed E-state index contributed by atoms with van der Waals surface area (Å²) in [7, 11) is 0. The van der Waals surface area contributed by atoms with Crippen LogP contribution in [-0.4, -0.2) is 11.1 Å². The van der Waals surface area contributed by atoms with Crippen LogP contribution in [0.2, 0.25) is 0 Å². The summed E-state index contributed by atoms with van der Waals surface area (Å²) in [4.78, 5) is 11.4. The molecule has 2 N–H and O–H groups in total. The first kappa shape index (κ1) is 13.8. The van der Waals surface area contributed by atoms with Crippen molar-refractivity contribution < 1.29 is 14.3 Å². The maximum absolute atomic E-state index is 11.4. The van der Waals surface area contributed by atoms with E-state index in [9.17, 15) is 9.90 Å². The fourth-order valence-corrected chi connectivity index (χ4v) is 2.17. The minimum atomic E-state index is -0.913. The van der Waals surface area contributed by atoms with E-state index in [2.05, 4.69) is 21.2 Å². The number of halogens is 1. The van der Waals surface area contributed by atoms with E-state index in [0.717, 1.165) is 0 Å². The molecule has 2 rings (SSSR count). The first-order valence-corrected chi connectivity index (χ1v) is 6.66. The quantitative estimate of drug-likeness (QED) is 0.883. The number of rotatable bonds is 5. The van der Waals surface area contributed by atoms with Crippen LogP contribution in [-0.2, 0) is 4.79 Å². The molecular formula is C14H14BrNO3. The summed E-state index contributed by atoms with van der Waals surface area (Å²) in [6.45, 7) is 1.87.